The number of aromatic nitrogens is 1. The first-order chi connectivity index (χ1) is 9.06. The molecule has 1 aliphatic rings. The standard InChI is InChI=1S/C13H22N4OS/c1-8(2)6-16-13-17-11(14)10(19-13)12(18)15-7-9-4-3-5-9/h8-9H,3-7,14H2,1-2H3,(H,15,18)(H,16,17). The normalized spacial score (nSPS) is 15.3. The van der Waals surface area contributed by atoms with Crippen LogP contribution < -0.4 is 16.4 Å². The number of amides is 1. The van der Waals surface area contributed by atoms with Gasteiger partial charge in [-0.25, -0.2) is 4.98 Å². The molecular weight excluding hydrogens is 260 g/mol. The Kier molecular flexibility index (Phi) is 4.63. The zero-order chi connectivity index (χ0) is 13.8. The first-order valence-electron chi connectivity index (χ1n) is 6.84. The second-order valence-electron chi connectivity index (χ2n) is 5.52. The largest absolute Gasteiger partial charge is 0.382 e. The molecule has 0 spiro atoms. The Morgan fingerprint density at radius 3 is 2.84 bits per heavy atom. The zero-order valence-electron chi connectivity index (χ0n) is 11.5. The number of nitrogen functional groups attached to an aromatic ring is 1. The molecular formula is C13H22N4OS. The van der Waals surface area contributed by atoms with Crippen molar-refractivity contribution in [1.82, 2.24) is 10.3 Å². The number of carbonyl (C=O) groups excluding carboxylic acids is 1. The minimum atomic E-state index is -0.0977. The first-order valence-corrected chi connectivity index (χ1v) is 7.66. The fourth-order valence-electron chi connectivity index (χ4n) is 1.88. The van der Waals surface area contributed by atoms with E-state index in [2.05, 4.69) is 29.5 Å². The van der Waals surface area contributed by atoms with Crippen molar-refractivity contribution in [2.45, 2.75) is 33.1 Å². The van der Waals surface area contributed by atoms with Gasteiger partial charge in [0.2, 0.25) is 0 Å². The van der Waals surface area contributed by atoms with E-state index < -0.39 is 0 Å². The molecule has 1 saturated carbocycles. The predicted molar refractivity (Wildman–Crippen MR) is 79.5 cm³/mol. The van der Waals surface area contributed by atoms with Crippen LogP contribution in [-0.2, 0) is 0 Å². The van der Waals surface area contributed by atoms with Crippen LogP contribution >= 0.6 is 11.3 Å². The summed E-state index contributed by atoms with van der Waals surface area (Å²) in [6, 6.07) is 0. The Labute approximate surface area is 118 Å². The highest BCUT2D eigenvalue weighted by Gasteiger charge is 2.20. The fraction of sp³-hybridized carbons (Fsp3) is 0.692. The van der Waals surface area contributed by atoms with E-state index in [1.807, 2.05) is 0 Å². The topological polar surface area (TPSA) is 80.0 Å². The molecule has 0 saturated heterocycles. The molecule has 19 heavy (non-hydrogen) atoms. The van der Waals surface area contributed by atoms with Crippen molar-refractivity contribution < 1.29 is 4.79 Å². The second kappa shape index (κ2) is 6.23. The molecule has 0 bridgehead atoms. The highest BCUT2D eigenvalue weighted by Crippen LogP contribution is 2.27. The summed E-state index contributed by atoms with van der Waals surface area (Å²) < 4.78 is 0. The zero-order valence-corrected chi connectivity index (χ0v) is 12.3. The molecule has 5 nitrogen and oxygen atoms in total. The van der Waals surface area contributed by atoms with Gasteiger partial charge in [0.15, 0.2) is 5.13 Å². The minimum Gasteiger partial charge on any atom is -0.382 e. The smallest absolute Gasteiger partial charge is 0.265 e. The molecule has 1 aromatic heterocycles. The van der Waals surface area contributed by atoms with Crippen molar-refractivity contribution in [3.05, 3.63) is 4.88 Å². The summed E-state index contributed by atoms with van der Waals surface area (Å²) in [6.45, 7) is 5.83. The maximum absolute atomic E-state index is 12.0. The van der Waals surface area contributed by atoms with Gasteiger partial charge in [-0.2, -0.15) is 0 Å². The second-order valence-corrected chi connectivity index (χ2v) is 6.51. The van der Waals surface area contributed by atoms with Gasteiger partial charge in [-0.15, -0.1) is 0 Å². The van der Waals surface area contributed by atoms with Gasteiger partial charge in [0.1, 0.15) is 10.7 Å². The van der Waals surface area contributed by atoms with Gasteiger partial charge < -0.3 is 16.4 Å². The van der Waals surface area contributed by atoms with Crippen molar-refractivity contribution in [3.8, 4) is 0 Å². The Hall–Kier alpha value is -1.30. The SMILES string of the molecule is CC(C)CNc1nc(N)c(C(=O)NCC2CCC2)s1. The molecule has 1 fully saturated rings. The number of anilines is 2. The van der Waals surface area contributed by atoms with Crippen LogP contribution in [0.1, 0.15) is 42.8 Å². The third-order valence-electron chi connectivity index (χ3n) is 3.30. The van der Waals surface area contributed by atoms with Crippen LogP contribution in [0.25, 0.3) is 0 Å². The summed E-state index contributed by atoms with van der Waals surface area (Å²) >= 11 is 1.33. The van der Waals surface area contributed by atoms with Crippen LogP contribution in [0.4, 0.5) is 10.9 Å². The maximum atomic E-state index is 12.0. The van der Waals surface area contributed by atoms with Gasteiger partial charge in [0.05, 0.1) is 0 Å². The van der Waals surface area contributed by atoms with E-state index in [4.69, 9.17) is 5.73 Å². The molecule has 6 heteroatoms. The predicted octanol–water partition coefficient (Wildman–Crippen LogP) is 2.32. The molecule has 4 N–H and O–H groups in total. The molecule has 1 amide bonds. The van der Waals surface area contributed by atoms with Crippen LogP contribution in [0.2, 0.25) is 0 Å². The molecule has 1 heterocycles. The van der Waals surface area contributed by atoms with Crippen LogP contribution in [-0.4, -0.2) is 24.0 Å². The molecule has 1 aromatic rings. The highest BCUT2D eigenvalue weighted by molar-refractivity contribution is 7.18. The van der Waals surface area contributed by atoms with Crippen LogP contribution in [0.3, 0.4) is 0 Å². The lowest BCUT2D eigenvalue weighted by atomic mass is 9.85. The van der Waals surface area contributed by atoms with Gasteiger partial charge >= 0.3 is 0 Å². The molecule has 0 aromatic carbocycles. The highest BCUT2D eigenvalue weighted by atomic mass is 32.1. The average Bonchev–Trinajstić information content (AvgIpc) is 2.66. The number of nitrogens with two attached hydrogens (primary N) is 1. The molecule has 1 aliphatic carbocycles. The van der Waals surface area contributed by atoms with Crippen molar-refractivity contribution in [1.29, 1.82) is 0 Å². The van der Waals surface area contributed by atoms with E-state index in [1.54, 1.807) is 0 Å². The Morgan fingerprint density at radius 2 is 2.26 bits per heavy atom. The summed E-state index contributed by atoms with van der Waals surface area (Å²) in [5, 5.41) is 6.86. The van der Waals surface area contributed by atoms with Gasteiger partial charge in [-0.05, 0) is 24.7 Å². The number of hydrogen-bond acceptors (Lipinski definition) is 5. The van der Waals surface area contributed by atoms with Gasteiger partial charge in [0.25, 0.3) is 5.91 Å². The van der Waals surface area contributed by atoms with E-state index in [0.29, 0.717) is 22.5 Å². The lowest BCUT2D eigenvalue weighted by Gasteiger charge is -2.25. The minimum absolute atomic E-state index is 0.0977. The van der Waals surface area contributed by atoms with Crippen molar-refractivity contribution in [2.75, 3.05) is 24.1 Å². The monoisotopic (exact) mass is 282 g/mol. The first kappa shape index (κ1) is 14.1. The van der Waals surface area contributed by atoms with Gasteiger partial charge in [0, 0.05) is 13.1 Å². The molecule has 0 aliphatic heterocycles. The Balaban J connectivity index is 1.88. The molecule has 0 unspecified atom stereocenters. The number of hydrogen-bond donors (Lipinski definition) is 3. The van der Waals surface area contributed by atoms with E-state index >= 15 is 0 Å². The molecule has 0 atom stereocenters. The summed E-state index contributed by atoms with van der Waals surface area (Å²) in [5.41, 5.74) is 5.80. The van der Waals surface area contributed by atoms with E-state index in [0.717, 1.165) is 18.2 Å². The summed E-state index contributed by atoms with van der Waals surface area (Å²) in [5.74, 6) is 1.40. The van der Waals surface area contributed by atoms with E-state index in [1.165, 1.54) is 30.6 Å². The molecule has 106 valence electrons. The number of thiazole rings is 1. The van der Waals surface area contributed by atoms with Crippen LogP contribution in [0.5, 0.6) is 0 Å². The third kappa shape index (κ3) is 3.83. The lowest BCUT2D eigenvalue weighted by Crippen LogP contribution is -2.32. The molecule has 2 rings (SSSR count). The fourth-order valence-corrected chi connectivity index (χ4v) is 2.68. The van der Waals surface area contributed by atoms with Crippen molar-refractivity contribution >= 4 is 28.2 Å². The Bertz CT molecular complexity index is 440. The van der Waals surface area contributed by atoms with Crippen molar-refractivity contribution in [3.63, 3.8) is 0 Å². The van der Waals surface area contributed by atoms with Crippen LogP contribution in [0, 0.1) is 11.8 Å². The summed E-state index contributed by atoms with van der Waals surface area (Å²) in [4.78, 5) is 16.7. The quantitative estimate of drug-likeness (QED) is 0.748. The van der Waals surface area contributed by atoms with Gasteiger partial charge in [-0.3, -0.25) is 4.79 Å². The lowest BCUT2D eigenvalue weighted by molar-refractivity contribution is 0.0944. The number of rotatable bonds is 6. The average molecular weight is 282 g/mol. The Morgan fingerprint density at radius 1 is 1.53 bits per heavy atom. The maximum Gasteiger partial charge on any atom is 0.265 e. The number of nitrogens with zero attached hydrogens (tertiary/aromatic N) is 1. The summed E-state index contributed by atoms with van der Waals surface area (Å²) in [7, 11) is 0. The third-order valence-corrected chi connectivity index (χ3v) is 4.32. The number of nitrogens with one attached hydrogen (secondary N) is 2. The van der Waals surface area contributed by atoms with Gasteiger partial charge in [-0.1, -0.05) is 31.6 Å². The van der Waals surface area contributed by atoms with E-state index in [9.17, 15) is 4.79 Å². The van der Waals surface area contributed by atoms with Crippen molar-refractivity contribution in [2.24, 2.45) is 11.8 Å². The number of carbonyl (C=O) groups is 1. The molecule has 0 radical (unpaired) electrons. The summed E-state index contributed by atoms with van der Waals surface area (Å²) in [6.07, 6.45) is 3.73. The van der Waals surface area contributed by atoms with Crippen LogP contribution in [0.15, 0.2) is 0 Å². The van der Waals surface area contributed by atoms with E-state index in [-0.39, 0.29) is 5.91 Å².